The molecule has 90 valence electrons. The van der Waals surface area contributed by atoms with Gasteiger partial charge in [0.2, 0.25) is 5.88 Å². The molecule has 1 heterocycles. The summed E-state index contributed by atoms with van der Waals surface area (Å²) in [6.45, 7) is 0.0152. The second kappa shape index (κ2) is 5.04. The molecule has 1 aromatic rings. The second-order valence-corrected chi connectivity index (χ2v) is 3.72. The molecule has 0 unspecified atom stereocenters. The quantitative estimate of drug-likeness (QED) is 0.671. The summed E-state index contributed by atoms with van der Waals surface area (Å²) >= 11 is 1.63. The number of nitrogens with zero attached hydrogens (tertiary/aromatic N) is 1. The van der Waals surface area contributed by atoms with Crippen LogP contribution in [0.2, 0.25) is 0 Å². The minimum Gasteiger partial charge on any atom is -0.481 e. The highest BCUT2D eigenvalue weighted by atomic mass is 127. The average Bonchev–Trinajstić information content (AvgIpc) is 2.18. The summed E-state index contributed by atoms with van der Waals surface area (Å²) in [5.41, 5.74) is 5.70. The molecule has 0 spiro atoms. The number of ether oxygens (including phenoxy) is 2. The second-order valence-electron chi connectivity index (χ2n) is 2.70. The van der Waals surface area contributed by atoms with Crippen molar-refractivity contribution in [3.8, 4) is 11.6 Å². The lowest BCUT2D eigenvalue weighted by Crippen LogP contribution is -2.18. The summed E-state index contributed by atoms with van der Waals surface area (Å²) in [6, 6.07) is 1.17. The Hall–Kier alpha value is -0.770. The van der Waals surface area contributed by atoms with Crippen molar-refractivity contribution in [3.63, 3.8) is 0 Å². The van der Waals surface area contributed by atoms with Crippen molar-refractivity contribution in [2.24, 2.45) is 5.73 Å². The number of nitrogens with two attached hydrogens (primary N) is 1. The Balaban J connectivity index is 3.11. The zero-order valence-corrected chi connectivity index (χ0v) is 10.3. The van der Waals surface area contributed by atoms with Crippen LogP contribution in [0.3, 0.4) is 0 Å². The predicted molar refractivity (Wildman–Crippen MR) is 58.1 cm³/mol. The maximum absolute atomic E-state index is 12.0. The molecule has 8 heteroatoms. The van der Waals surface area contributed by atoms with E-state index in [1.807, 2.05) is 0 Å². The number of rotatable bonds is 3. The van der Waals surface area contributed by atoms with E-state index in [-0.39, 0.29) is 21.9 Å². The van der Waals surface area contributed by atoms with Gasteiger partial charge in [-0.2, -0.15) is 0 Å². The van der Waals surface area contributed by atoms with E-state index < -0.39 is 6.36 Å². The Labute approximate surface area is 103 Å². The van der Waals surface area contributed by atoms with Gasteiger partial charge in [-0.3, -0.25) is 0 Å². The number of pyridine rings is 1. The fourth-order valence-electron chi connectivity index (χ4n) is 1.01. The van der Waals surface area contributed by atoms with E-state index in [1.54, 1.807) is 22.6 Å². The standard InChI is InChI=1S/C8H8F3IN2O2/c1-15-7-4(3-13)2-5(6(12)14-7)16-8(9,10)11/h2H,3,13H2,1H3. The van der Waals surface area contributed by atoms with Crippen LogP contribution < -0.4 is 15.2 Å². The van der Waals surface area contributed by atoms with Gasteiger partial charge in [0, 0.05) is 12.1 Å². The summed E-state index contributed by atoms with van der Waals surface area (Å²) in [4.78, 5) is 3.81. The highest BCUT2D eigenvalue weighted by Crippen LogP contribution is 2.30. The first-order chi connectivity index (χ1) is 7.37. The van der Waals surface area contributed by atoms with Crippen LogP contribution in [-0.2, 0) is 6.54 Å². The maximum Gasteiger partial charge on any atom is 0.573 e. The maximum atomic E-state index is 12.0. The van der Waals surface area contributed by atoms with Crippen LogP contribution in [0.25, 0.3) is 0 Å². The predicted octanol–water partition coefficient (Wildman–Crippen LogP) is 2.05. The van der Waals surface area contributed by atoms with E-state index in [1.165, 1.54) is 13.2 Å². The van der Waals surface area contributed by atoms with Crippen molar-refractivity contribution in [3.05, 3.63) is 15.3 Å². The van der Waals surface area contributed by atoms with Crippen LogP contribution >= 0.6 is 22.6 Å². The smallest absolute Gasteiger partial charge is 0.481 e. The third kappa shape index (κ3) is 3.37. The van der Waals surface area contributed by atoms with Gasteiger partial charge in [0.15, 0.2) is 5.75 Å². The molecular formula is C8H8F3IN2O2. The van der Waals surface area contributed by atoms with Crippen LogP contribution in [0.1, 0.15) is 5.56 Å². The van der Waals surface area contributed by atoms with Gasteiger partial charge in [0.05, 0.1) is 7.11 Å². The summed E-state index contributed by atoms with van der Waals surface area (Å²) in [7, 11) is 1.36. The molecule has 0 aromatic carbocycles. The highest BCUT2D eigenvalue weighted by molar-refractivity contribution is 14.1. The van der Waals surface area contributed by atoms with Crippen molar-refractivity contribution < 1.29 is 22.6 Å². The molecule has 0 bridgehead atoms. The zero-order chi connectivity index (χ0) is 12.3. The molecule has 0 aliphatic rings. The molecular weight excluding hydrogens is 340 g/mol. The first kappa shape index (κ1) is 13.3. The summed E-state index contributed by atoms with van der Waals surface area (Å²) < 4.78 is 44.8. The average molecular weight is 348 g/mol. The molecule has 0 aliphatic heterocycles. The summed E-state index contributed by atoms with van der Waals surface area (Å²) in [5, 5.41) is 0. The molecule has 0 amide bonds. The Kier molecular flexibility index (Phi) is 4.19. The van der Waals surface area contributed by atoms with Crippen molar-refractivity contribution in [2.75, 3.05) is 7.11 Å². The van der Waals surface area contributed by atoms with Gasteiger partial charge in [-0.15, -0.1) is 13.2 Å². The Morgan fingerprint density at radius 2 is 2.12 bits per heavy atom. The molecule has 0 saturated carbocycles. The van der Waals surface area contributed by atoms with E-state index in [0.717, 1.165) is 0 Å². The third-order valence-corrected chi connectivity index (χ3v) is 2.39. The number of alkyl halides is 3. The van der Waals surface area contributed by atoms with Gasteiger partial charge in [0.1, 0.15) is 3.70 Å². The topological polar surface area (TPSA) is 57.4 Å². The molecule has 0 radical (unpaired) electrons. The third-order valence-electron chi connectivity index (χ3n) is 1.62. The first-order valence-corrected chi connectivity index (χ1v) is 5.14. The molecule has 0 saturated heterocycles. The summed E-state index contributed by atoms with van der Waals surface area (Å²) in [5.74, 6) is -0.184. The number of halogens is 4. The molecule has 0 fully saturated rings. The Bertz CT molecular complexity index is 384. The van der Waals surface area contributed by atoms with E-state index >= 15 is 0 Å². The van der Waals surface area contributed by atoms with Crippen LogP contribution in [-0.4, -0.2) is 18.5 Å². The zero-order valence-electron chi connectivity index (χ0n) is 8.14. The molecule has 1 rings (SSSR count). The summed E-state index contributed by atoms with van der Waals surface area (Å²) in [6.07, 6.45) is -4.75. The fraction of sp³-hybridized carbons (Fsp3) is 0.375. The van der Waals surface area contributed by atoms with Crippen molar-refractivity contribution in [1.29, 1.82) is 0 Å². The van der Waals surface area contributed by atoms with Gasteiger partial charge in [-0.1, -0.05) is 0 Å². The van der Waals surface area contributed by atoms with Crippen molar-refractivity contribution in [2.45, 2.75) is 12.9 Å². The van der Waals surface area contributed by atoms with Crippen LogP contribution in [0.5, 0.6) is 11.6 Å². The van der Waals surface area contributed by atoms with Gasteiger partial charge >= 0.3 is 6.36 Å². The molecule has 2 N–H and O–H groups in total. The lowest BCUT2D eigenvalue weighted by atomic mass is 10.2. The minimum atomic E-state index is -4.75. The highest BCUT2D eigenvalue weighted by Gasteiger charge is 2.32. The van der Waals surface area contributed by atoms with Gasteiger partial charge in [-0.25, -0.2) is 4.98 Å². The lowest BCUT2D eigenvalue weighted by molar-refractivity contribution is -0.275. The SMILES string of the molecule is COc1nc(I)c(OC(F)(F)F)cc1CN. The van der Waals surface area contributed by atoms with Gasteiger partial charge in [0.25, 0.3) is 0 Å². The van der Waals surface area contributed by atoms with E-state index in [4.69, 9.17) is 10.5 Å². The van der Waals surface area contributed by atoms with Gasteiger partial charge < -0.3 is 15.2 Å². The van der Waals surface area contributed by atoms with E-state index in [9.17, 15) is 13.2 Å². The number of hydrogen-bond acceptors (Lipinski definition) is 4. The van der Waals surface area contributed by atoms with Crippen LogP contribution in [0, 0.1) is 3.70 Å². The van der Waals surface area contributed by atoms with Crippen LogP contribution in [0.4, 0.5) is 13.2 Å². The number of methoxy groups -OCH3 is 1. The van der Waals surface area contributed by atoms with E-state index in [0.29, 0.717) is 5.56 Å². The molecule has 0 aliphatic carbocycles. The largest absolute Gasteiger partial charge is 0.573 e. The van der Waals surface area contributed by atoms with Crippen molar-refractivity contribution in [1.82, 2.24) is 4.98 Å². The fourth-order valence-corrected chi connectivity index (χ4v) is 1.50. The van der Waals surface area contributed by atoms with E-state index in [2.05, 4.69) is 9.72 Å². The Morgan fingerprint density at radius 1 is 1.50 bits per heavy atom. The molecule has 4 nitrogen and oxygen atoms in total. The normalized spacial score (nSPS) is 11.4. The molecule has 1 aromatic heterocycles. The number of hydrogen-bond donors (Lipinski definition) is 1. The first-order valence-electron chi connectivity index (χ1n) is 4.06. The van der Waals surface area contributed by atoms with Crippen LogP contribution in [0.15, 0.2) is 6.07 Å². The number of aromatic nitrogens is 1. The lowest BCUT2D eigenvalue weighted by Gasteiger charge is -2.13. The molecule has 16 heavy (non-hydrogen) atoms. The minimum absolute atomic E-state index is 0.0152. The monoisotopic (exact) mass is 348 g/mol. The van der Waals surface area contributed by atoms with Crippen molar-refractivity contribution >= 4 is 22.6 Å². The van der Waals surface area contributed by atoms with Gasteiger partial charge in [-0.05, 0) is 28.7 Å². The Morgan fingerprint density at radius 3 is 2.56 bits per heavy atom. The molecule has 0 atom stereocenters.